The molecule has 4 nitrogen and oxygen atoms in total. The van der Waals surface area contributed by atoms with Crippen LogP contribution in [0.3, 0.4) is 0 Å². The molecule has 1 aliphatic heterocycles. The maximum absolute atomic E-state index is 12.5. The van der Waals surface area contributed by atoms with E-state index < -0.39 is 12.0 Å². The fraction of sp³-hybridized carbons (Fsp3) is 0.529. The number of carbonyl (C=O) groups excluding carboxylic acids is 1. The van der Waals surface area contributed by atoms with Gasteiger partial charge >= 0.3 is 5.97 Å². The number of carboxylic acids is 1. The lowest BCUT2D eigenvalue weighted by atomic mass is 9.80. The molecule has 0 bridgehead atoms. The lowest BCUT2D eigenvalue weighted by Crippen LogP contribution is -2.47. The minimum Gasteiger partial charge on any atom is -0.480 e. The van der Waals surface area contributed by atoms with Gasteiger partial charge < -0.3 is 10.0 Å². The number of amides is 1. The van der Waals surface area contributed by atoms with E-state index in [4.69, 9.17) is 0 Å². The van der Waals surface area contributed by atoms with Crippen molar-refractivity contribution in [3.05, 3.63) is 35.4 Å². The van der Waals surface area contributed by atoms with Crippen LogP contribution < -0.4 is 0 Å². The third-order valence-corrected chi connectivity index (χ3v) is 4.78. The molecule has 4 heteroatoms. The number of hydrogen-bond acceptors (Lipinski definition) is 2. The first-order chi connectivity index (χ1) is 10.2. The first-order valence-electron chi connectivity index (χ1n) is 7.80. The first kappa shape index (κ1) is 14.1. The first-order valence-corrected chi connectivity index (χ1v) is 7.80. The lowest BCUT2D eigenvalue weighted by molar-refractivity contribution is -0.143. The van der Waals surface area contributed by atoms with Gasteiger partial charge in [-0.15, -0.1) is 0 Å². The maximum Gasteiger partial charge on any atom is 0.326 e. The molecule has 1 heterocycles. The van der Waals surface area contributed by atoms with E-state index in [9.17, 15) is 14.7 Å². The second-order valence-electron chi connectivity index (χ2n) is 6.10. The smallest absolute Gasteiger partial charge is 0.326 e. The van der Waals surface area contributed by atoms with Crippen LogP contribution in [0.25, 0.3) is 0 Å². The number of piperidine rings is 1. The van der Waals surface area contributed by atoms with Gasteiger partial charge in [0.15, 0.2) is 0 Å². The molecule has 1 aliphatic carbocycles. The van der Waals surface area contributed by atoms with E-state index >= 15 is 0 Å². The molecule has 1 N–H and O–H groups in total. The summed E-state index contributed by atoms with van der Waals surface area (Å²) in [4.78, 5) is 25.4. The standard InChI is InChI=1S/C17H21NO3/c19-16(18-11-2-1-6-15(18)17(20)21)14-9-7-13(8-10-14)12-4-3-5-12/h7-10,12,15H,1-6,11H2,(H,20,21)/t15-/m1/s1. The summed E-state index contributed by atoms with van der Waals surface area (Å²) in [7, 11) is 0. The van der Waals surface area contributed by atoms with E-state index in [0.29, 0.717) is 24.4 Å². The zero-order valence-corrected chi connectivity index (χ0v) is 12.1. The van der Waals surface area contributed by atoms with Crippen molar-refractivity contribution in [2.75, 3.05) is 6.54 Å². The van der Waals surface area contributed by atoms with Crippen LogP contribution in [0.15, 0.2) is 24.3 Å². The average molecular weight is 287 g/mol. The molecule has 1 saturated carbocycles. The molecule has 0 aromatic heterocycles. The largest absolute Gasteiger partial charge is 0.480 e. The van der Waals surface area contributed by atoms with Gasteiger partial charge in [-0.3, -0.25) is 4.79 Å². The summed E-state index contributed by atoms with van der Waals surface area (Å²) >= 11 is 0. The van der Waals surface area contributed by atoms with Crippen molar-refractivity contribution in [3.8, 4) is 0 Å². The van der Waals surface area contributed by atoms with Crippen LogP contribution in [0.1, 0.15) is 60.4 Å². The number of benzene rings is 1. The summed E-state index contributed by atoms with van der Waals surface area (Å²) in [5.74, 6) is -0.396. The molecular weight excluding hydrogens is 266 g/mol. The lowest BCUT2D eigenvalue weighted by Gasteiger charge is -2.33. The van der Waals surface area contributed by atoms with Crippen molar-refractivity contribution in [2.24, 2.45) is 0 Å². The Morgan fingerprint density at radius 3 is 2.29 bits per heavy atom. The molecule has 0 unspecified atom stereocenters. The minimum atomic E-state index is -0.894. The molecule has 112 valence electrons. The highest BCUT2D eigenvalue weighted by molar-refractivity contribution is 5.96. The van der Waals surface area contributed by atoms with Gasteiger partial charge in [0, 0.05) is 12.1 Å². The summed E-state index contributed by atoms with van der Waals surface area (Å²) in [6.45, 7) is 0.542. The van der Waals surface area contributed by atoms with Crippen LogP contribution in [0.5, 0.6) is 0 Å². The summed E-state index contributed by atoms with van der Waals surface area (Å²) in [6, 6.07) is 7.08. The molecule has 2 fully saturated rings. The van der Waals surface area contributed by atoms with Crippen LogP contribution in [0.2, 0.25) is 0 Å². The molecule has 1 saturated heterocycles. The van der Waals surface area contributed by atoms with Gasteiger partial charge in [-0.1, -0.05) is 18.6 Å². The number of nitrogens with zero attached hydrogens (tertiary/aromatic N) is 1. The summed E-state index contributed by atoms with van der Waals surface area (Å²) < 4.78 is 0. The Balaban J connectivity index is 1.75. The number of carbonyl (C=O) groups is 2. The predicted molar refractivity (Wildman–Crippen MR) is 79.3 cm³/mol. The molecular formula is C17H21NO3. The number of carboxylic acid groups (broad SMARTS) is 1. The molecule has 21 heavy (non-hydrogen) atoms. The van der Waals surface area contributed by atoms with Crippen LogP contribution in [0, 0.1) is 0 Å². The second-order valence-corrected chi connectivity index (χ2v) is 6.10. The van der Waals surface area contributed by atoms with E-state index in [1.165, 1.54) is 29.7 Å². The molecule has 3 rings (SSSR count). The number of likely N-dealkylation sites (tertiary alicyclic amines) is 1. The van der Waals surface area contributed by atoms with Crippen LogP contribution in [-0.2, 0) is 4.79 Å². The van der Waals surface area contributed by atoms with E-state index in [1.807, 2.05) is 24.3 Å². The molecule has 1 aromatic carbocycles. The minimum absolute atomic E-state index is 0.151. The Hall–Kier alpha value is -1.84. The van der Waals surface area contributed by atoms with E-state index in [-0.39, 0.29) is 5.91 Å². The quantitative estimate of drug-likeness (QED) is 0.929. The molecule has 0 radical (unpaired) electrons. The van der Waals surface area contributed by atoms with E-state index in [2.05, 4.69) is 0 Å². The predicted octanol–water partition coefficient (Wildman–Crippen LogP) is 3.03. The fourth-order valence-corrected chi connectivity index (χ4v) is 3.24. The SMILES string of the molecule is O=C(O)[C@H]1CCCCN1C(=O)c1ccc(C2CCC2)cc1. The van der Waals surface area contributed by atoms with Crippen molar-refractivity contribution < 1.29 is 14.7 Å². The molecule has 2 aliphatic rings. The number of rotatable bonds is 3. The van der Waals surface area contributed by atoms with Gasteiger partial charge in [0.1, 0.15) is 6.04 Å². The van der Waals surface area contributed by atoms with Gasteiger partial charge in [-0.05, 0) is 55.7 Å². The topological polar surface area (TPSA) is 57.6 Å². The number of aliphatic carboxylic acids is 1. The zero-order valence-electron chi connectivity index (χ0n) is 12.1. The van der Waals surface area contributed by atoms with Crippen molar-refractivity contribution in [2.45, 2.75) is 50.5 Å². The average Bonchev–Trinajstić information content (AvgIpc) is 2.45. The van der Waals surface area contributed by atoms with E-state index in [0.717, 1.165) is 12.8 Å². The highest BCUT2D eigenvalue weighted by Crippen LogP contribution is 2.36. The van der Waals surface area contributed by atoms with E-state index in [1.54, 1.807) is 0 Å². The second kappa shape index (κ2) is 5.88. The third kappa shape index (κ3) is 2.80. The molecule has 0 spiro atoms. The normalized spacial score (nSPS) is 22.7. The highest BCUT2D eigenvalue weighted by atomic mass is 16.4. The van der Waals surface area contributed by atoms with Gasteiger partial charge in [-0.25, -0.2) is 4.79 Å². The summed E-state index contributed by atoms with van der Waals surface area (Å²) in [5.41, 5.74) is 1.90. The molecule has 1 atom stereocenters. The van der Waals surface area contributed by atoms with Crippen molar-refractivity contribution >= 4 is 11.9 Å². The van der Waals surface area contributed by atoms with Crippen molar-refractivity contribution in [3.63, 3.8) is 0 Å². The number of hydrogen-bond donors (Lipinski definition) is 1. The van der Waals surface area contributed by atoms with Gasteiger partial charge in [-0.2, -0.15) is 0 Å². The van der Waals surface area contributed by atoms with Crippen LogP contribution >= 0.6 is 0 Å². The summed E-state index contributed by atoms with van der Waals surface area (Å²) in [5, 5.41) is 9.27. The van der Waals surface area contributed by atoms with Crippen molar-refractivity contribution in [1.29, 1.82) is 0 Å². The van der Waals surface area contributed by atoms with Crippen LogP contribution in [0.4, 0.5) is 0 Å². The zero-order chi connectivity index (χ0) is 14.8. The monoisotopic (exact) mass is 287 g/mol. The van der Waals surface area contributed by atoms with Crippen molar-refractivity contribution in [1.82, 2.24) is 4.90 Å². The Kier molecular flexibility index (Phi) is 3.95. The Morgan fingerprint density at radius 1 is 1.00 bits per heavy atom. The van der Waals surface area contributed by atoms with Gasteiger partial charge in [0.05, 0.1) is 0 Å². The third-order valence-electron chi connectivity index (χ3n) is 4.78. The molecule has 1 aromatic rings. The summed E-state index contributed by atoms with van der Waals surface area (Å²) in [6.07, 6.45) is 6.08. The Bertz CT molecular complexity index is 533. The Labute approximate surface area is 124 Å². The van der Waals surface area contributed by atoms with Crippen LogP contribution in [-0.4, -0.2) is 34.5 Å². The fourth-order valence-electron chi connectivity index (χ4n) is 3.24. The van der Waals surface area contributed by atoms with Gasteiger partial charge in [0.2, 0.25) is 0 Å². The Morgan fingerprint density at radius 2 is 1.71 bits per heavy atom. The molecule has 1 amide bonds. The maximum atomic E-state index is 12.5. The van der Waals surface area contributed by atoms with Gasteiger partial charge in [0.25, 0.3) is 5.91 Å². The highest BCUT2D eigenvalue weighted by Gasteiger charge is 2.32.